The normalized spacial score (nSPS) is 19.8. The number of H-pyrrole nitrogens is 1. The molecule has 41 heavy (non-hydrogen) atoms. The summed E-state index contributed by atoms with van der Waals surface area (Å²) in [6.07, 6.45) is 13.8. The van der Waals surface area contributed by atoms with E-state index in [1.54, 1.807) is 0 Å². The Balaban J connectivity index is 1.91. The van der Waals surface area contributed by atoms with Gasteiger partial charge in [0.25, 0.3) is 0 Å². The van der Waals surface area contributed by atoms with Crippen molar-refractivity contribution >= 4 is 35.5 Å². The molecule has 0 amide bonds. The lowest BCUT2D eigenvalue weighted by atomic mass is 9.94. The molecule has 1 aromatic heterocycles. The quantitative estimate of drug-likeness (QED) is 0.363. The molecular weight excluding hydrogens is 508 g/mol. The van der Waals surface area contributed by atoms with Gasteiger partial charge in [0, 0.05) is 16.5 Å². The first-order chi connectivity index (χ1) is 19.8. The van der Waals surface area contributed by atoms with Crippen LogP contribution in [0.25, 0.3) is 18.4 Å². The zero-order valence-corrected chi connectivity index (χ0v) is 25.4. The Morgan fingerprint density at radius 1 is 0.659 bits per heavy atom. The maximum atomic E-state index is 10.9. The van der Waals surface area contributed by atoms with Crippen LogP contribution in [0.1, 0.15) is 91.8 Å². The van der Waals surface area contributed by atoms with E-state index in [-0.39, 0.29) is 0 Å². The van der Waals surface area contributed by atoms with Crippen molar-refractivity contribution < 1.29 is 10.2 Å². The lowest BCUT2D eigenvalue weighted by Crippen LogP contribution is -2.26. The zero-order valence-electron chi connectivity index (χ0n) is 25.4. The highest BCUT2D eigenvalue weighted by Crippen LogP contribution is 2.37. The summed E-state index contributed by atoms with van der Waals surface area (Å²) < 4.78 is 0. The number of rotatable bonds is 7. The Bertz CT molecular complexity index is 1710. The molecule has 1 unspecified atom stereocenters. The van der Waals surface area contributed by atoms with Gasteiger partial charge in [0.15, 0.2) is 0 Å². The number of fused-ring (bicyclic) bond motifs is 5. The first kappa shape index (κ1) is 28.7. The first-order valence-electron chi connectivity index (χ1n) is 15.2. The van der Waals surface area contributed by atoms with E-state index in [0.717, 1.165) is 106 Å². The van der Waals surface area contributed by atoms with Gasteiger partial charge in [0.1, 0.15) is 0 Å². The summed E-state index contributed by atoms with van der Waals surface area (Å²) in [5.41, 5.74) is 14.1. The third kappa shape index (κ3) is 4.78. The fraction of sp³-hybridized carbons (Fsp3) is 0.400. The van der Waals surface area contributed by atoms with Crippen LogP contribution >= 0.6 is 0 Å². The maximum Gasteiger partial charge on any atom is 0.0888 e. The van der Waals surface area contributed by atoms with E-state index in [1.165, 1.54) is 28.6 Å². The highest BCUT2D eigenvalue weighted by Gasteiger charge is 2.29. The number of aliphatic hydroxyl groups excluding tert-OH is 2. The van der Waals surface area contributed by atoms with E-state index in [1.807, 2.05) is 6.92 Å². The predicted octanol–water partition coefficient (Wildman–Crippen LogP) is 6.46. The largest absolute Gasteiger partial charge is 0.515 e. The number of hydrogen-bond donors (Lipinski definition) is 3. The van der Waals surface area contributed by atoms with Gasteiger partial charge in [-0.05, 0) is 103 Å². The fourth-order valence-corrected chi connectivity index (χ4v) is 6.71. The number of aromatic nitrogens is 1. The molecule has 4 aliphatic rings. The number of allylic oxidation sites excluding steroid dienone is 7. The molecule has 0 fully saturated rings. The van der Waals surface area contributed by atoms with E-state index in [0.29, 0.717) is 0 Å². The molecule has 1 atom stereocenters. The smallest absolute Gasteiger partial charge is 0.0888 e. The van der Waals surface area contributed by atoms with Crippen LogP contribution in [0.3, 0.4) is 0 Å². The van der Waals surface area contributed by atoms with Crippen molar-refractivity contribution in [3.05, 3.63) is 84.5 Å². The van der Waals surface area contributed by atoms with E-state index < -0.39 is 6.10 Å². The lowest BCUT2D eigenvalue weighted by Gasteiger charge is -2.11. The van der Waals surface area contributed by atoms with Gasteiger partial charge in [-0.2, -0.15) is 0 Å². The van der Waals surface area contributed by atoms with Gasteiger partial charge in [0.2, 0.25) is 0 Å². The van der Waals surface area contributed by atoms with Crippen LogP contribution in [0.2, 0.25) is 0 Å². The molecule has 3 N–H and O–H groups in total. The van der Waals surface area contributed by atoms with Gasteiger partial charge in [-0.3, -0.25) is 0 Å². The molecule has 8 bridgehead atoms. The van der Waals surface area contributed by atoms with Crippen molar-refractivity contribution in [1.82, 2.24) is 4.98 Å². The highest BCUT2D eigenvalue weighted by molar-refractivity contribution is 6.24. The minimum atomic E-state index is -0.657. The van der Waals surface area contributed by atoms with Crippen LogP contribution in [0.15, 0.2) is 77.7 Å². The average molecular weight is 551 g/mol. The van der Waals surface area contributed by atoms with Crippen LogP contribution in [-0.2, 0) is 6.42 Å². The minimum Gasteiger partial charge on any atom is -0.515 e. The Morgan fingerprint density at radius 3 is 1.66 bits per heavy atom. The topological polar surface area (TPSA) is 93.3 Å². The summed E-state index contributed by atoms with van der Waals surface area (Å²) in [5, 5.41) is 22.9. The number of nitrogens with zero attached hydrogens (tertiary/aromatic N) is 3. The molecule has 0 aliphatic carbocycles. The average Bonchev–Trinajstić information content (AvgIpc) is 3.68. The molecule has 0 saturated heterocycles. The van der Waals surface area contributed by atoms with Crippen molar-refractivity contribution in [3.63, 3.8) is 0 Å². The first-order valence-corrected chi connectivity index (χ1v) is 15.2. The van der Waals surface area contributed by atoms with E-state index >= 15 is 0 Å². The summed E-state index contributed by atoms with van der Waals surface area (Å²) in [4.78, 5) is 19.0. The Morgan fingerprint density at radius 2 is 1.15 bits per heavy atom. The third-order valence-electron chi connectivity index (χ3n) is 8.59. The van der Waals surface area contributed by atoms with Crippen molar-refractivity contribution in [1.29, 1.82) is 0 Å². The second-order valence-electron chi connectivity index (χ2n) is 10.8. The lowest BCUT2D eigenvalue weighted by molar-refractivity contribution is 0.233. The molecule has 0 aromatic carbocycles. The van der Waals surface area contributed by atoms with Crippen LogP contribution < -0.4 is 10.6 Å². The molecule has 0 spiro atoms. The van der Waals surface area contributed by atoms with Crippen LogP contribution in [-0.4, -0.2) is 38.4 Å². The van der Waals surface area contributed by atoms with Crippen LogP contribution in [0, 0.1) is 0 Å². The molecule has 5 heterocycles. The van der Waals surface area contributed by atoms with Gasteiger partial charge in [0.05, 0.1) is 51.9 Å². The number of aromatic amines is 1. The second kappa shape index (κ2) is 11.6. The van der Waals surface area contributed by atoms with Crippen molar-refractivity contribution in [2.24, 2.45) is 15.0 Å². The molecule has 4 aliphatic heterocycles. The second-order valence-corrected chi connectivity index (χ2v) is 10.8. The molecule has 0 radical (unpaired) electrons. The van der Waals surface area contributed by atoms with Crippen molar-refractivity contribution in [2.75, 3.05) is 0 Å². The fourth-order valence-electron chi connectivity index (χ4n) is 6.71. The summed E-state index contributed by atoms with van der Waals surface area (Å²) in [5.74, 6) is 0. The summed E-state index contributed by atoms with van der Waals surface area (Å²) in [6.45, 7) is 14.7. The monoisotopic (exact) mass is 550 g/mol. The molecule has 5 rings (SSSR count). The highest BCUT2D eigenvalue weighted by atomic mass is 16.3. The van der Waals surface area contributed by atoms with Crippen molar-refractivity contribution in [3.8, 4) is 0 Å². The van der Waals surface area contributed by atoms with Gasteiger partial charge >= 0.3 is 0 Å². The predicted molar refractivity (Wildman–Crippen MR) is 172 cm³/mol. The zero-order chi connectivity index (χ0) is 29.4. The van der Waals surface area contributed by atoms with Gasteiger partial charge in [-0.15, -0.1) is 0 Å². The molecule has 6 nitrogen and oxygen atoms in total. The Hall–Kier alpha value is -3.77. The van der Waals surface area contributed by atoms with Gasteiger partial charge in [-0.25, -0.2) is 15.0 Å². The SMILES string of the molecule is CCC1=C(CC)C2=NC1=Cc1[nH]c(/c(=C\O)c1CC)=CC1=NC(=CC3=NC(=C2)C(C(C)O)=C3CC)C(CC)=C1CC. The number of nitrogens with one attached hydrogen (secondary N) is 1. The summed E-state index contributed by atoms with van der Waals surface area (Å²) >= 11 is 0. The van der Waals surface area contributed by atoms with Crippen molar-refractivity contribution in [2.45, 2.75) is 93.1 Å². The van der Waals surface area contributed by atoms with E-state index in [2.05, 4.69) is 70.8 Å². The molecular formula is C35H42N4O2. The van der Waals surface area contributed by atoms with Crippen LogP contribution in [0.5, 0.6) is 0 Å². The summed E-state index contributed by atoms with van der Waals surface area (Å²) in [6, 6.07) is 0. The third-order valence-corrected chi connectivity index (χ3v) is 8.59. The molecule has 0 saturated carbocycles. The number of aliphatic hydroxyl groups is 2. The Kier molecular flexibility index (Phi) is 8.14. The Labute approximate surface area is 243 Å². The molecule has 6 heteroatoms. The van der Waals surface area contributed by atoms with Crippen LogP contribution in [0.4, 0.5) is 0 Å². The van der Waals surface area contributed by atoms with Gasteiger partial charge in [-0.1, -0.05) is 41.5 Å². The standard InChI is InChI=1S/C35H42N4O2/c1-8-20-21(9-2)29-16-33-26(18-40)24(12-5)30(38-33)14-27-22(10-3)23(11-4)31(37-27)17-34-35(19(7)41)25(13-6)32(39-34)15-28(20)36-29/h14-19,38,40-41H,8-13H2,1-7H3/b26-18-,27-14?,28-15?,33-16?,34-17?. The van der Waals surface area contributed by atoms with E-state index in [9.17, 15) is 10.2 Å². The molecule has 214 valence electrons. The van der Waals surface area contributed by atoms with Gasteiger partial charge < -0.3 is 15.2 Å². The minimum absolute atomic E-state index is 0.657. The van der Waals surface area contributed by atoms with E-state index in [4.69, 9.17) is 15.0 Å². The number of aliphatic imine (C=N–C) groups is 3. The maximum absolute atomic E-state index is 10.9. The number of hydrogen-bond acceptors (Lipinski definition) is 5. The molecule has 1 aromatic rings. The summed E-state index contributed by atoms with van der Waals surface area (Å²) in [7, 11) is 0.